The van der Waals surface area contributed by atoms with Gasteiger partial charge >= 0.3 is 0 Å². The highest BCUT2D eigenvalue weighted by Gasteiger charge is 2.21. The number of fused-ring (bicyclic) bond motifs is 1. The number of benzene rings is 1. The molecule has 1 aromatic carbocycles. The van der Waals surface area contributed by atoms with Crippen LogP contribution in [0.25, 0.3) is 10.2 Å². The van der Waals surface area contributed by atoms with Crippen LogP contribution in [0.5, 0.6) is 5.75 Å². The Labute approximate surface area is 197 Å². The summed E-state index contributed by atoms with van der Waals surface area (Å²) in [6.45, 7) is 5.18. The van der Waals surface area contributed by atoms with Gasteiger partial charge in [-0.05, 0) is 24.7 Å². The summed E-state index contributed by atoms with van der Waals surface area (Å²) in [6, 6.07) is 7.62. The lowest BCUT2D eigenvalue weighted by molar-refractivity contribution is 0.102. The third kappa shape index (κ3) is 5.59. The third-order valence-electron chi connectivity index (χ3n) is 5.46. The SMILES string of the molecule is COCCN(C)Cc1ccc(C(=O)Nc2nc3c(OC)cnc(N4CCOCC4)c3s2)cc1. The number of carbonyl (C=O) groups excluding carboxylic acids is 1. The molecule has 1 aliphatic heterocycles. The highest BCUT2D eigenvalue weighted by atomic mass is 32.1. The van der Waals surface area contributed by atoms with Crippen LogP contribution in [0.15, 0.2) is 30.5 Å². The van der Waals surface area contributed by atoms with E-state index in [-0.39, 0.29) is 5.91 Å². The van der Waals surface area contributed by atoms with Crippen molar-refractivity contribution in [3.8, 4) is 5.75 Å². The summed E-state index contributed by atoms with van der Waals surface area (Å²) in [4.78, 5) is 26.4. The molecule has 0 radical (unpaired) electrons. The molecule has 0 unspecified atom stereocenters. The molecule has 3 heterocycles. The van der Waals surface area contributed by atoms with Crippen molar-refractivity contribution < 1.29 is 19.0 Å². The fourth-order valence-electron chi connectivity index (χ4n) is 3.65. The van der Waals surface area contributed by atoms with Gasteiger partial charge in [-0.1, -0.05) is 23.5 Å². The van der Waals surface area contributed by atoms with E-state index in [0.717, 1.165) is 42.3 Å². The van der Waals surface area contributed by atoms with Crippen LogP contribution < -0.4 is 15.0 Å². The fraction of sp³-hybridized carbons (Fsp3) is 0.435. The van der Waals surface area contributed by atoms with Gasteiger partial charge in [0.1, 0.15) is 16.0 Å². The van der Waals surface area contributed by atoms with Crippen molar-refractivity contribution in [3.05, 3.63) is 41.6 Å². The van der Waals surface area contributed by atoms with Gasteiger partial charge in [-0.15, -0.1) is 0 Å². The number of pyridine rings is 1. The summed E-state index contributed by atoms with van der Waals surface area (Å²) in [5.41, 5.74) is 2.41. The number of thiazole rings is 1. The zero-order chi connectivity index (χ0) is 23.2. The average Bonchev–Trinajstić information content (AvgIpc) is 3.26. The molecule has 9 nitrogen and oxygen atoms in total. The Balaban J connectivity index is 1.49. The van der Waals surface area contributed by atoms with E-state index >= 15 is 0 Å². The fourth-order valence-corrected chi connectivity index (χ4v) is 4.64. The number of methoxy groups -OCH3 is 2. The van der Waals surface area contributed by atoms with Crippen LogP contribution in [0.4, 0.5) is 10.9 Å². The van der Waals surface area contributed by atoms with Crippen LogP contribution in [-0.4, -0.2) is 81.5 Å². The first-order valence-corrected chi connectivity index (χ1v) is 11.6. The lowest BCUT2D eigenvalue weighted by atomic mass is 10.1. The van der Waals surface area contributed by atoms with E-state index in [2.05, 4.69) is 25.1 Å². The van der Waals surface area contributed by atoms with Crippen molar-refractivity contribution >= 4 is 38.4 Å². The van der Waals surface area contributed by atoms with Crippen LogP contribution >= 0.6 is 11.3 Å². The number of hydrogen-bond acceptors (Lipinski definition) is 9. The summed E-state index contributed by atoms with van der Waals surface area (Å²) >= 11 is 1.40. The molecule has 0 spiro atoms. The number of nitrogens with one attached hydrogen (secondary N) is 1. The molecule has 10 heteroatoms. The predicted octanol–water partition coefficient (Wildman–Crippen LogP) is 2.87. The molecule has 0 atom stereocenters. The Morgan fingerprint density at radius 3 is 2.70 bits per heavy atom. The minimum Gasteiger partial charge on any atom is -0.493 e. The number of aromatic nitrogens is 2. The van der Waals surface area contributed by atoms with Gasteiger partial charge in [0.2, 0.25) is 0 Å². The first-order valence-electron chi connectivity index (χ1n) is 10.8. The van der Waals surface area contributed by atoms with E-state index < -0.39 is 0 Å². The third-order valence-corrected chi connectivity index (χ3v) is 6.43. The molecule has 1 aliphatic rings. The van der Waals surface area contributed by atoms with E-state index in [1.807, 2.05) is 31.3 Å². The van der Waals surface area contributed by atoms with Gasteiger partial charge in [0, 0.05) is 38.9 Å². The molecule has 1 N–H and O–H groups in total. The number of rotatable bonds is 9. The molecule has 2 aromatic heterocycles. The summed E-state index contributed by atoms with van der Waals surface area (Å²) < 4.78 is 16.9. The van der Waals surface area contributed by atoms with E-state index in [0.29, 0.717) is 41.8 Å². The van der Waals surface area contributed by atoms with Gasteiger partial charge in [-0.25, -0.2) is 9.97 Å². The van der Waals surface area contributed by atoms with Crippen molar-refractivity contribution in [2.24, 2.45) is 0 Å². The standard InChI is InChI=1S/C23H29N5O4S/c1-27(8-11-30-2)15-16-4-6-17(7-5-16)22(29)26-23-25-19-18(31-3)14-24-21(20(19)33-23)28-9-12-32-13-10-28/h4-7,14H,8-13,15H2,1-3H3,(H,25,26,29). The summed E-state index contributed by atoms with van der Waals surface area (Å²) in [6.07, 6.45) is 1.68. The van der Waals surface area contributed by atoms with Crippen molar-refractivity contribution in [2.45, 2.75) is 6.54 Å². The number of carbonyl (C=O) groups is 1. The lowest BCUT2D eigenvalue weighted by Crippen LogP contribution is -2.36. The first-order chi connectivity index (χ1) is 16.1. The molecule has 33 heavy (non-hydrogen) atoms. The lowest BCUT2D eigenvalue weighted by Gasteiger charge is -2.28. The normalized spacial score (nSPS) is 14.1. The van der Waals surface area contributed by atoms with Crippen molar-refractivity contribution in [1.82, 2.24) is 14.9 Å². The summed E-state index contributed by atoms with van der Waals surface area (Å²) in [5.74, 6) is 1.22. The quantitative estimate of drug-likeness (QED) is 0.510. The van der Waals surface area contributed by atoms with Crippen LogP contribution in [0.1, 0.15) is 15.9 Å². The van der Waals surface area contributed by atoms with Gasteiger partial charge in [0.05, 0.1) is 33.1 Å². The van der Waals surface area contributed by atoms with Crippen LogP contribution in [0.2, 0.25) is 0 Å². The molecular weight excluding hydrogens is 442 g/mol. The second-order valence-corrected chi connectivity index (χ2v) is 8.83. The van der Waals surface area contributed by atoms with Gasteiger partial charge < -0.3 is 19.1 Å². The Bertz CT molecular complexity index is 1080. The molecule has 4 rings (SSSR count). The Morgan fingerprint density at radius 1 is 1.24 bits per heavy atom. The largest absolute Gasteiger partial charge is 0.493 e. The number of anilines is 2. The first kappa shape index (κ1) is 23.4. The van der Waals surface area contributed by atoms with Crippen molar-refractivity contribution in [3.63, 3.8) is 0 Å². The van der Waals surface area contributed by atoms with Crippen molar-refractivity contribution in [2.75, 3.05) is 70.9 Å². The topological polar surface area (TPSA) is 89.0 Å². The second-order valence-electron chi connectivity index (χ2n) is 7.83. The molecular formula is C23H29N5O4S. The van der Waals surface area contributed by atoms with E-state index in [9.17, 15) is 4.79 Å². The van der Waals surface area contributed by atoms with Gasteiger partial charge in [0.15, 0.2) is 10.9 Å². The maximum atomic E-state index is 12.9. The number of amides is 1. The Morgan fingerprint density at radius 2 is 2.00 bits per heavy atom. The number of likely N-dealkylation sites (N-methyl/N-ethyl adjacent to an activating group) is 1. The average molecular weight is 472 g/mol. The predicted molar refractivity (Wildman–Crippen MR) is 130 cm³/mol. The van der Waals surface area contributed by atoms with E-state index in [1.165, 1.54) is 11.3 Å². The Hall–Kier alpha value is -2.79. The van der Waals surface area contributed by atoms with Crippen molar-refractivity contribution in [1.29, 1.82) is 0 Å². The van der Waals surface area contributed by atoms with E-state index in [4.69, 9.17) is 14.2 Å². The highest BCUT2D eigenvalue weighted by molar-refractivity contribution is 7.23. The molecule has 1 fully saturated rings. The number of morpholine rings is 1. The molecule has 1 amide bonds. The Kier molecular flexibility index (Phi) is 7.71. The highest BCUT2D eigenvalue weighted by Crippen LogP contribution is 2.38. The van der Waals surface area contributed by atoms with Crippen LogP contribution in [-0.2, 0) is 16.0 Å². The number of hydrogen-bond donors (Lipinski definition) is 1. The minimum atomic E-state index is -0.201. The van der Waals surface area contributed by atoms with Gasteiger partial charge in [0.25, 0.3) is 5.91 Å². The van der Waals surface area contributed by atoms with Gasteiger partial charge in [-0.3, -0.25) is 15.0 Å². The minimum absolute atomic E-state index is 0.201. The maximum absolute atomic E-state index is 12.9. The summed E-state index contributed by atoms with van der Waals surface area (Å²) in [5, 5.41) is 3.45. The maximum Gasteiger partial charge on any atom is 0.257 e. The second kappa shape index (κ2) is 10.9. The van der Waals surface area contributed by atoms with Gasteiger partial charge in [-0.2, -0.15) is 0 Å². The molecule has 1 saturated heterocycles. The number of ether oxygens (including phenoxy) is 3. The molecule has 0 saturated carbocycles. The summed E-state index contributed by atoms with van der Waals surface area (Å²) in [7, 11) is 5.33. The zero-order valence-corrected chi connectivity index (χ0v) is 20.0. The molecule has 3 aromatic rings. The van der Waals surface area contributed by atoms with Crippen LogP contribution in [0.3, 0.4) is 0 Å². The molecule has 176 valence electrons. The number of nitrogens with zero attached hydrogens (tertiary/aromatic N) is 4. The molecule has 0 aliphatic carbocycles. The monoisotopic (exact) mass is 471 g/mol. The smallest absolute Gasteiger partial charge is 0.257 e. The van der Waals surface area contributed by atoms with Crippen LogP contribution in [0, 0.1) is 0 Å². The van der Waals surface area contributed by atoms with E-state index in [1.54, 1.807) is 20.4 Å². The molecule has 0 bridgehead atoms. The zero-order valence-electron chi connectivity index (χ0n) is 19.2.